The van der Waals surface area contributed by atoms with Crippen LogP contribution in [0.15, 0.2) is 42.6 Å². The average molecular weight is 705 g/mol. The Morgan fingerprint density at radius 3 is 2.28 bits per heavy atom. The third kappa shape index (κ3) is 7.02. The minimum Gasteiger partial charge on any atom is -0.393 e. The van der Waals surface area contributed by atoms with Crippen LogP contribution < -0.4 is 0 Å². The number of aliphatic hydroxyl groups is 2. The monoisotopic (exact) mass is 705 g/mol. The molecule has 3 aliphatic rings. The Bertz CT molecular complexity index is 1210. The molecule has 0 amide bonds. The van der Waals surface area contributed by atoms with E-state index in [0.29, 0.717) is 17.8 Å². The van der Waals surface area contributed by atoms with Gasteiger partial charge in [0.2, 0.25) is 0 Å². The zero-order valence-corrected chi connectivity index (χ0v) is 26.5. The summed E-state index contributed by atoms with van der Waals surface area (Å²) in [5.74, 6) is 2.58. The fraction of sp³-hybridized carbons (Fsp3) is 0.571. The molecule has 3 aromatic rings. The van der Waals surface area contributed by atoms with E-state index in [4.69, 9.17) is 0 Å². The van der Waals surface area contributed by atoms with Crippen LogP contribution in [0.25, 0.3) is 22.0 Å². The van der Waals surface area contributed by atoms with Gasteiger partial charge in [-0.2, -0.15) is 0 Å². The molecule has 3 aliphatic carbocycles. The van der Waals surface area contributed by atoms with Gasteiger partial charge < -0.3 is 15.2 Å². The van der Waals surface area contributed by atoms with Crippen molar-refractivity contribution in [3.05, 3.63) is 65.4 Å². The third-order valence-electron chi connectivity index (χ3n) is 9.61. The number of hydrogen-bond acceptors (Lipinski definition) is 3. The summed E-state index contributed by atoms with van der Waals surface area (Å²) in [7, 11) is 0. The van der Waals surface area contributed by atoms with Gasteiger partial charge in [0.05, 0.1) is 12.2 Å². The molecule has 6 rings (SSSR count). The second-order valence-electron chi connectivity index (χ2n) is 12.7. The predicted molar refractivity (Wildman–Crippen MR) is 157 cm³/mol. The minimum absolute atomic E-state index is 0. The first-order valence-electron chi connectivity index (χ1n) is 15.1. The largest absolute Gasteiger partial charge is 0.393 e. The maximum Gasteiger partial charge on any atom is 0.0626 e. The average Bonchev–Trinajstić information content (AvgIpc) is 3.43. The van der Waals surface area contributed by atoms with Crippen LogP contribution in [0, 0.1) is 43.6 Å². The molecule has 3 fully saturated rings. The van der Waals surface area contributed by atoms with Gasteiger partial charge in [-0.05, 0) is 71.4 Å². The van der Waals surface area contributed by atoms with Crippen LogP contribution in [0.4, 0.5) is 0 Å². The molecular formula is C35H46IrNO2-. The Labute approximate surface area is 249 Å². The molecule has 0 bridgehead atoms. The van der Waals surface area contributed by atoms with Crippen molar-refractivity contribution in [2.45, 2.75) is 104 Å². The Morgan fingerprint density at radius 1 is 0.821 bits per heavy atom. The Hall–Kier alpha value is -1.58. The first kappa shape index (κ1) is 30.4. The summed E-state index contributed by atoms with van der Waals surface area (Å²) in [5, 5.41) is 23.2. The SMILES string of the molecule is Cc1[c-]c(-c2cc3cc(C(C)C)ccc3cn2)cc(C)c1.OC1CCCC2CCC(C3CCCC3)C(O)C12.[Ir]. The van der Waals surface area contributed by atoms with Gasteiger partial charge in [0.15, 0.2) is 0 Å². The van der Waals surface area contributed by atoms with Gasteiger partial charge in [0.25, 0.3) is 0 Å². The van der Waals surface area contributed by atoms with Crippen LogP contribution in [-0.2, 0) is 20.1 Å². The van der Waals surface area contributed by atoms with Gasteiger partial charge in [-0.1, -0.05) is 84.1 Å². The number of aromatic nitrogens is 1. The van der Waals surface area contributed by atoms with Crippen molar-refractivity contribution in [2.24, 2.45) is 23.7 Å². The number of hydrogen-bond donors (Lipinski definition) is 2. The van der Waals surface area contributed by atoms with Crippen molar-refractivity contribution in [2.75, 3.05) is 0 Å². The molecule has 2 aromatic carbocycles. The predicted octanol–water partition coefficient (Wildman–Crippen LogP) is 8.16. The second kappa shape index (κ2) is 13.4. The van der Waals surface area contributed by atoms with Gasteiger partial charge in [-0.25, -0.2) is 0 Å². The number of nitrogens with zero attached hydrogens (tertiary/aromatic N) is 1. The number of fused-ring (bicyclic) bond motifs is 2. The normalized spacial score (nSPS) is 27.0. The van der Waals surface area contributed by atoms with Crippen molar-refractivity contribution < 1.29 is 30.3 Å². The Kier molecular flexibility index (Phi) is 10.4. The maximum absolute atomic E-state index is 10.6. The third-order valence-corrected chi connectivity index (χ3v) is 9.61. The molecule has 5 unspecified atom stereocenters. The minimum atomic E-state index is -0.229. The molecular weight excluding hydrogens is 659 g/mol. The van der Waals surface area contributed by atoms with E-state index in [1.165, 1.54) is 66.8 Å². The van der Waals surface area contributed by atoms with E-state index >= 15 is 0 Å². The van der Waals surface area contributed by atoms with E-state index in [0.717, 1.165) is 35.6 Å². The van der Waals surface area contributed by atoms with E-state index in [1.54, 1.807) is 0 Å². The standard InChI is InChI=1S/C20H20N.C15H26O2.Ir/c1-13(2)16-5-6-17-12-21-20(11-18(17)10-16)19-8-14(3)7-15(4)9-19;16-13-7-3-6-11-8-9-12(15(17)14(11)13)10-4-1-2-5-10;/h5-8,10-13H,1-4H3;10-17H,1-9H2;/q-1;;. The smallest absolute Gasteiger partial charge is 0.0626 e. The molecule has 4 heteroatoms. The molecule has 3 nitrogen and oxygen atoms in total. The number of aliphatic hydroxyl groups excluding tert-OH is 2. The van der Waals surface area contributed by atoms with Crippen molar-refractivity contribution in [1.82, 2.24) is 4.98 Å². The van der Waals surface area contributed by atoms with Crippen molar-refractivity contribution in [3.63, 3.8) is 0 Å². The fourth-order valence-corrected chi connectivity index (χ4v) is 7.59. The van der Waals surface area contributed by atoms with Crippen LogP contribution in [-0.4, -0.2) is 27.4 Å². The maximum atomic E-state index is 10.6. The summed E-state index contributed by atoms with van der Waals surface area (Å²) in [6.45, 7) is 8.64. The first-order valence-corrected chi connectivity index (χ1v) is 15.1. The molecule has 3 saturated carbocycles. The van der Waals surface area contributed by atoms with E-state index in [-0.39, 0.29) is 38.2 Å². The van der Waals surface area contributed by atoms with Crippen molar-refractivity contribution >= 4 is 10.8 Å². The molecule has 0 spiro atoms. The topological polar surface area (TPSA) is 53.4 Å². The number of rotatable bonds is 3. The molecule has 39 heavy (non-hydrogen) atoms. The molecule has 5 atom stereocenters. The van der Waals surface area contributed by atoms with Crippen LogP contribution in [0.1, 0.15) is 94.2 Å². The molecule has 1 radical (unpaired) electrons. The summed E-state index contributed by atoms with van der Waals surface area (Å²) in [4.78, 5) is 4.60. The quantitative estimate of drug-likeness (QED) is 0.271. The molecule has 2 N–H and O–H groups in total. The zero-order valence-electron chi connectivity index (χ0n) is 24.1. The molecule has 213 valence electrons. The first-order chi connectivity index (χ1) is 18.3. The van der Waals surface area contributed by atoms with Crippen molar-refractivity contribution in [3.8, 4) is 11.3 Å². The summed E-state index contributed by atoms with van der Waals surface area (Å²) >= 11 is 0. The molecule has 0 aliphatic heterocycles. The van der Waals surface area contributed by atoms with Crippen LogP contribution >= 0.6 is 0 Å². The van der Waals surface area contributed by atoms with E-state index in [1.807, 2.05) is 6.20 Å². The number of pyridine rings is 1. The summed E-state index contributed by atoms with van der Waals surface area (Å²) in [6, 6.07) is 16.5. The van der Waals surface area contributed by atoms with Gasteiger partial charge in [0.1, 0.15) is 0 Å². The second-order valence-corrected chi connectivity index (χ2v) is 12.7. The van der Waals surface area contributed by atoms with Gasteiger partial charge in [-0.15, -0.1) is 34.9 Å². The molecule has 1 heterocycles. The van der Waals surface area contributed by atoms with E-state index in [2.05, 4.69) is 75.1 Å². The summed E-state index contributed by atoms with van der Waals surface area (Å²) in [5.41, 5.74) is 5.84. The van der Waals surface area contributed by atoms with E-state index in [9.17, 15) is 10.2 Å². The molecule has 0 saturated heterocycles. The number of aryl methyl sites for hydroxylation is 2. The molecule has 1 aromatic heterocycles. The van der Waals surface area contributed by atoms with Crippen LogP contribution in [0.3, 0.4) is 0 Å². The number of benzene rings is 2. The fourth-order valence-electron chi connectivity index (χ4n) is 7.59. The van der Waals surface area contributed by atoms with Crippen LogP contribution in [0.2, 0.25) is 0 Å². The van der Waals surface area contributed by atoms with Crippen LogP contribution in [0.5, 0.6) is 0 Å². The summed E-state index contributed by atoms with van der Waals surface area (Å²) in [6.07, 6.45) is 12.6. The Morgan fingerprint density at radius 2 is 1.56 bits per heavy atom. The van der Waals surface area contributed by atoms with Gasteiger partial charge in [0, 0.05) is 32.2 Å². The van der Waals surface area contributed by atoms with Crippen molar-refractivity contribution in [1.29, 1.82) is 0 Å². The Balaban J connectivity index is 0.000000180. The zero-order chi connectivity index (χ0) is 26.8. The van der Waals surface area contributed by atoms with Gasteiger partial charge >= 0.3 is 0 Å². The summed E-state index contributed by atoms with van der Waals surface area (Å²) < 4.78 is 0. The van der Waals surface area contributed by atoms with E-state index < -0.39 is 0 Å². The van der Waals surface area contributed by atoms with Gasteiger partial charge in [-0.3, -0.25) is 0 Å².